The van der Waals surface area contributed by atoms with Crippen LogP contribution in [0.3, 0.4) is 0 Å². The first kappa shape index (κ1) is 23.1. The maximum absolute atomic E-state index is 13.3. The van der Waals surface area contributed by atoms with E-state index in [1.54, 1.807) is 6.07 Å². The van der Waals surface area contributed by atoms with Gasteiger partial charge in [-0.1, -0.05) is 48.5 Å². The Morgan fingerprint density at radius 1 is 0.909 bits per heavy atom. The SMILES string of the molecule is O=C(CCc1cccc(F)c1)Cc1ccc(-c2ccc(OCCN3CCOCC3)cc2)cc1. The number of hydrogen-bond acceptors (Lipinski definition) is 4. The number of morpholine rings is 1. The van der Waals surface area contributed by atoms with E-state index in [4.69, 9.17) is 9.47 Å². The molecule has 0 N–H and O–H groups in total. The summed E-state index contributed by atoms with van der Waals surface area (Å²) in [6.07, 6.45) is 1.37. The first-order chi connectivity index (χ1) is 16.2. The van der Waals surface area contributed by atoms with Crippen molar-refractivity contribution in [2.45, 2.75) is 19.3 Å². The van der Waals surface area contributed by atoms with Gasteiger partial charge in [0.15, 0.2) is 0 Å². The summed E-state index contributed by atoms with van der Waals surface area (Å²) in [4.78, 5) is 14.7. The lowest BCUT2D eigenvalue weighted by atomic mass is 9.99. The molecule has 0 unspecified atom stereocenters. The van der Waals surface area contributed by atoms with Crippen molar-refractivity contribution >= 4 is 5.78 Å². The lowest BCUT2D eigenvalue weighted by molar-refractivity contribution is -0.118. The zero-order valence-electron chi connectivity index (χ0n) is 18.8. The fourth-order valence-electron chi connectivity index (χ4n) is 3.97. The van der Waals surface area contributed by atoms with Crippen molar-refractivity contribution in [1.29, 1.82) is 0 Å². The van der Waals surface area contributed by atoms with Crippen LogP contribution in [-0.2, 0) is 22.4 Å². The summed E-state index contributed by atoms with van der Waals surface area (Å²) >= 11 is 0. The number of rotatable bonds is 10. The minimum absolute atomic E-state index is 0.158. The Morgan fingerprint density at radius 2 is 1.61 bits per heavy atom. The molecule has 1 saturated heterocycles. The molecule has 1 aliphatic heterocycles. The zero-order chi connectivity index (χ0) is 22.9. The molecule has 172 valence electrons. The first-order valence-corrected chi connectivity index (χ1v) is 11.5. The highest BCUT2D eigenvalue weighted by Gasteiger charge is 2.10. The number of aryl methyl sites for hydroxylation is 1. The van der Waals surface area contributed by atoms with Crippen LogP contribution in [0.1, 0.15) is 17.5 Å². The van der Waals surface area contributed by atoms with E-state index in [-0.39, 0.29) is 11.6 Å². The van der Waals surface area contributed by atoms with Crippen LogP contribution in [-0.4, -0.2) is 50.1 Å². The molecule has 0 bridgehead atoms. The standard InChI is InChI=1S/C28H30FNO3/c29-26-3-1-2-22(20-26)6-11-27(31)21-23-4-7-24(8-5-23)25-9-12-28(13-10-25)33-19-16-30-14-17-32-18-15-30/h1-5,7-10,12-13,20H,6,11,14-19,21H2. The molecule has 4 nitrogen and oxygen atoms in total. The van der Waals surface area contributed by atoms with E-state index in [9.17, 15) is 9.18 Å². The highest BCUT2D eigenvalue weighted by molar-refractivity contribution is 5.81. The second-order valence-corrected chi connectivity index (χ2v) is 8.37. The van der Waals surface area contributed by atoms with Gasteiger partial charge in [-0.15, -0.1) is 0 Å². The van der Waals surface area contributed by atoms with E-state index >= 15 is 0 Å². The van der Waals surface area contributed by atoms with Crippen molar-refractivity contribution in [1.82, 2.24) is 4.90 Å². The van der Waals surface area contributed by atoms with Crippen LogP contribution in [0.25, 0.3) is 11.1 Å². The molecular weight excluding hydrogens is 417 g/mol. The molecule has 4 rings (SSSR count). The fraction of sp³-hybridized carbons (Fsp3) is 0.321. The van der Waals surface area contributed by atoms with E-state index in [0.717, 1.165) is 60.9 Å². The van der Waals surface area contributed by atoms with Gasteiger partial charge < -0.3 is 9.47 Å². The van der Waals surface area contributed by atoms with E-state index in [1.807, 2.05) is 42.5 Å². The Bertz CT molecular complexity index is 1030. The number of carbonyl (C=O) groups excluding carboxylic acids is 1. The topological polar surface area (TPSA) is 38.8 Å². The van der Waals surface area contributed by atoms with Crippen LogP contribution >= 0.6 is 0 Å². The smallest absolute Gasteiger partial charge is 0.137 e. The van der Waals surface area contributed by atoms with E-state index in [0.29, 0.717) is 25.9 Å². The van der Waals surface area contributed by atoms with Gasteiger partial charge in [-0.3, -0.25) is 9.69 Å². The number of ether oxygens (including phenoxy) is 2. The molecule has 0 aliphatic carbocycles. The van der Waals surface area contributed by atoms with E-state index < -0.39 is 0 Å². The van der Waals surface area contributed by atoms with Gasteiger partial charge in [0.2, 0.25) is 0 Å². The summed E-state index contributed by atoms with van der Waals surface area (Å²) in [5.41, 5.74) is 4.06. The van der Waals surface area contributed by atoms with Crippen molar-refractivity contribution in [2.24, 2.45) is 0 Å². The molecule has 33 heavy (non-hydrogen) atoms. The summed E-state index contributed by atoms with van der Waals surface area (Å²) in [6, 6.07) is 22.6. The monoisotopic (exact) mass is 447 g/mol. The maximum Gasteiger partial charge on any atom is 0.137 e. The summed E-state index contributed by atoms with van der Waals surface area (Å²) in [6.45, 7) is 5.12. The van der Waals surface area contributed by atoms with Gasteiger partial charge in [-0.25, -0.2) is 4.39 Å². The van der Waals surface area contributed by atoms with Gasteiger partial charge in [0, 0.05) is 32.5 Å². The van der Waals surface area contributed by atoms with Gasteiger partial charge in [-0.05, 0) is 52.9 Å². The van der Waals surface area contributed by atoms with Crippen LogP contribution < -0.4 is 4.74 Å². The third kappa shape index (κ3) is 7.24. The number of Topliss-reactive ketones (excluding diaryl/α,β-unsaturated/α-hetero) is 1. The molecule has 0 aromatic heterocycles. The van der Waals surface area contributed by atoms with Gasteiger partial charge in [0.05, 0.1) is 13.2 Å². The molecule has 1 fully saturated rings. The lowest BCUT2D eigenvalue weighted by Crippen LogP contribution is -2.38. The lowest BCUT2D eigenvalue weighted by Gasteiger charge is -2.26. The Kier molecular flexibility index (Phi) is 8.23. The fourth-order valence-corrected chi connectivity index (χ4v) is 3.97. The molecule has 1 aliphatic rings. The number of halogens is 1. The highest BCUT2D eigenvalue weighted by Crippen LogP contribution is 2.23. The average molecular weight is 448 g/mol. The number of hydrogen-bond donors (Lipinski definition) is 0. The van der Waals surface area contributed by atoms with Crippen LogP contribution in [0.15, 0.2) is 72.8 Å². The molecule has 0 amide bonds. The molecule has 3 aromatic carbocycles. The molecule has 0 atom stereocenters. The number of nitrogens with zero attached hydrogens (tertiary/aromatic N) is 1. The number of benzene rings is 3. The molecular formula is C28H30FNO3. The van der Waals surface area contributed by atoms with Gasteiger partial charge >= 0.3 is 0 Å². The third-order valence-corrected chi connectivity index (χ3v) is 5.90. The van der Waals surface area contributed by atoms with E-state index in [1.165, 1.54) is 12.1 Å². The molecule has 0 saturated carbocycles. The molecule has 0 spiro atoms. The van der Waals surface area contributed by atoms with Crippen molar-refractivity contribution in [3.8, 4) is 16.9 Å². The predicted octanol–water partition coefficient (Wildman–Crippen LogP) is 4.95. The minimum atomic E-state index is -0.261. The summed E-state index contributed by atoms with van der Waals surface area (Å²) in [5.74, 6) is 0.765. The van der Waals surface area contributed by atoms with Crippen LogP contribution in [0, 0.1) is 5.82 Å². The van der Waals surface area contributed by atoms with E-state index in [2.05, 4.69) is 17.0 Å². The van der Waals surface area contributed by atoms with Crippen LogP contribution in [0.4, 0.5) is 4.39 Å². The Hall–Kier alpha value is -3.02. The van der Waals surface area contributed by atoms with Crippen molar-refractivity contribution in [2.75, 3.05) is 39.5 Å². The second kappa shape index (κ2) is 11.7. The first-order valence-electron chi connectivity index (χ1n) is 11.5. The minimum Gasteiger partial charge on any atom is -0.492 e. The van der Waals surface area contributed by atoms with Crippen molar-refractivity contribution in [3.63, 3.8) is 0 Å². The van der Waals surface area contributed by atoms with Crippen molar-refractivity contribution < 1.29 is 18.7 Å². The predicted molar refractivity (Wildman–Crippen MR) is 128 cm³/mol. The largest absolute Gasteiger partial charge is 0.492 e. The average Bonchev–Trinajstić information content (AvgIpc) is 2.85. The molecule has 0 radical (unpaired) electrons. The second-order valence-electron chi connectivity index (χ2n) is 8.37. The summed E-state index contributed by atoms with van der Waals surface area (Å²) in [7, 11) is 0. The highest BCUT2D eigenvalue weighted by atomic mass is 19.1. The summed E-state index contributed by atoms with van der Waals surface area (Å²) in [5, 5.41) is 0. The normalized spacial score (nSPS) is 14.2. The quantitative estimate of drug-likeness (QED) is 0.441. The number of carbonyl (C=O) groups is 1. The van der Waals surface area contributed by atoms with Crippen LogP contribution in [0.2, 0.25) is 0 Å². The Morgan fingerprint density at radius 3 is 2.30 bits per heavy atom. The zero-order valence-corrected chi connectivity index (χ0v) is 18.8. The Labute approximate surface area is 195 Å². The number of ketones is 1. The Balaban J connectivity index is 1.23. The van der Waals surface area contributed by atoms with Gasteiger partial charge in [0.1, 0.15) is 24.0 Å². The summed E-state index contributed by atoms with van der Waals surface area (Å²) < 4.78 is 24.5. The molecule has 5 heteroatoms. The van der Waals surface area contributed by atoms with Gasteiger partial charge in [-0.2, -0.15) is 0 Å². The van der Waals surface area contributed by atoms with Gasteiger partial charge in [0.25, 0.3) is 0 Å². The maximum atomic E-state index is 13.3. The van der Waals surface area contributed by atoms with Crippen molar-refractivity contribution in [3.05, 3.63) is 89.7 Å². The third-order valence-electron chi connectivity index (χ3n) is 5.90. The van der Waals surface area contributed by atoms with Crippen LogP contribution in [0.5, 0.6) is 5.75 Å². The molecule has 1 heterocycles. The molecule has 3 aromatic rings.